The number of terminal acetylenes is 1. The van der Waals surface area contributed by atoms with Crippen molar-refractivity contribution in [1.29, 1.82) is 0 Å². The lowest BCUT2D eigenvalue weighted by Gasteiger charge is -2.27. The van der Waals surface area contributed by atoms with E-state index in [9.17, 15) is 5.11 Å². The van der Waals surface area contributed by atoms with Crippen molar-refractivity contribution in [3.63, 3.8) is 0 Å². The van der Waals surface area contributed by atoms with Crippen molar-refractivity contribution in [2.75, 3.05) is 40.0 Å². The zero-order chi connectivity index (χ0) is 26.0. The van der Waals surface area contributed by atoms with Crippen LogP contribution in [0.15, 0.2) is 54.6 Å². The van der Waals surface area contributed by atoms with E-state index < -0.39 is 6.10 Å². The molecule has 1 fully saturated rings. The second kappa shape index (κ2) is 13.3. The summed E-state index contributed by atoms with van der Waals surface area (Å²) in [6, 6.07) is 17.4. The third-order valence-corrected chi connectivity index (χ3v) is 6.25. The number of aliphatic hydroxyl groups is 1. The van der Waals surface area contributed by atoms with Crippen LogP contribution in [0.5, 0.6) is 17.4 Å². The van der Waals surface area contributed by atoms with Crippen molar-refractivity contribution < 1.29 is 24.1 Å². The predicted molar refractivity (Wildman–Crippen MR) is 141 cm³/mol. The monoisotopic (exact) mass is 505 g/mol. The molecule has 0 aliphatic carbocycles. The molecule has 8 nitrogen and oxygen atoms in total. The predicted octanol–water partition coefficient (Wildman–Crippen LogP) is 3.97. The Labute approximate surface area is 218 Å². The van der Waals surface area contributed by atoms with Gasteiger partial charge in [-0.2, -0.15) is 5.10 Å². The Bertz CT molecular complexity index is 1170. The standard InChI is InChI=1S/C29H35N3O5/c1-4-16-35-21-24(33)18-31(19-25-13-10-17-36-25)20-26-22(2)30-32(23-11-6-5-7-12-23)29(26)37-28-15-9-8-14-27(28)34-3/h1,5-9,11-12,14-15,24-25,33H,10,13,16-21H2,2-3H3/t24-,25-/m0/s1. The first kappa shape index (κ1) is 26.7. The molecule has 1 aliphatic heterocycles. The van der Waals surface area contributed by atoms with E-state index in [1.165, 1.54) is 0 Å². The Kier molecular flexibility index (Phi) is 9.58. The molecule has 1 N–H and O–H groups in total. The van der Waals surface area contributed by atoms with Gasteiger partial charge in [-0.3, -0.25) is 4.90 Å². The van der Waals surface area contributed by atoms with E-state index in [1.54, 1.807) is 7.11 Å². The third-order valence-electron chi connectivity index (χ3n) is 6.25. The largest absolute Gasteiger partial charge is 0.493 e. The van der Waals surface area contributed by atoms with E-state index in [-0.39, 0.29) is 19.3 Å². The number of hydrogen-bond donors (Lipinski definition) is 1. The van der Waals surface area contributed by atoms with Gasteiger partial charge in [-0.1, -0.05) is 36.3 Å². The van der Waals surface area contributed by atoms with Crippen LogP contribution in [0.1, 0.15) is 24.1 Å². The number of aromatic nitrogens is 2. The van der Waals surface area contributed by atoms with E-state index in [1.807, 2.05) is 66.2 Å². The smallest absolute Gasteiger partial charge is 0.227 e. The molecule has 0 bridgehead atoms. The highest BCUT2D eigenvalue weighted by atomic mass is 16.5. The molecule has 2 aromatic carbocycles. The molecule has 0 saturated carbocycles. The first-order chi connectivity index (χ1) is 18.1. The van der Waals surface area contributed by atoms with Gasteiger partial charge in [-0.15, -0.1) is 6.42 Å². The lowest BCUT2D eigenvalue weighted by atomic mass is 10.1. The molecule has 196 valence electrons. The molecule has 0 amide bonds. The highest BCUT2D eigenvalue weighted by Crippen LogP contribution is 2.36. The summed E-state index contributed by atoms with van der Waals surface area (Å²) in [5, 5.41) is 15.5. The molecule has 1 aliphatic rings. The van der Waals surface area contributed by atoms with E-state index in [2.05, 4.69) is 10.8 Å². The topological polar surface area (TPSA) is 78.2 Å². The van der Waals surface area contributed by atoms with Gasteiger partial charge in [-0.25, -0.2) is 4.68 Å². The number of rotatable bonds is 13. The van der Waals surface area contributed by atoms with Gasteiger partial charge in [0.2, 0.25) is 5.88 Å². The number of hydrogen-bond acceptors (Lipinski definition) is 7. The molecule has 0 radical (unpaired) electrons. The van der Waals surface area contributed by atoms with E-state index in [0.29, 0.717) is 37.0 Å². The number of methoxy groups -OCH3 is 1. The highest BCUT2D eigenvalue weighted by Gasteiger charge is 2.26. The normalized spacial score (nSPS) is 16.0. The van der Waals surface area contributed by atoms with Crippen LogP contribution >= 0.6 is 0 Å². The summed E-state index contributed by atoms with van der Waals surface area (Å²) in [4.78, 5) is 2.17. The molecule has 3 aromatic rings. The average molecular weight is 506 g/mol. The van der Waals surface area contributed by atoms with Crippen molar-refractivity contribution in [2.45, 2.75) is 38.5 Å². The summed E-state index contributed by atoms with van der Waals surface area (Å²) < 4.78 is 25.1. The molecule has 37 heavy (non-hydrogen) atoms. The fourth-order valence-corrected chi connectivity index (χ4v) is 4.48. The second-order valence-electron chi connectivity index (χ2n) is 9.07. The molecular weight excluding hydrogens is 470 g/mol. The average Bonchev–Trinajstić information content (AvgIpc) is 3.53. The fourth-order valence-electron chi connectivity index (χ4n) is 4.48. The first-order valence-corrected chi connectivity index (χ1v) is 12.6. The number of para-hydroxylation sites is 3. The maximum Gasteiger partial charge on any atom is 0.227 e. The maximum absolute atomic E-state index is 10.7. The summed E-state index contributed by atoms with van der Waals surface area (Å²) in [6.45, 7) is 4.65. The third kappa shape index (κ3) is 7.12. The van der Waals surface area contributed by atoms with E-state index in [0.717, 1.165) is 36.4 Å². The molecule has 2 atom stereocenters. The van der Waals surface area contributed by atoms with Gasteiger partial charge in [0.25, 0.3) is 0 Å². The van der Waals surface area contributed by atoms with E-state index >= 15 is 0 Å². The molecule has 4 rings (SSSR count). The van der Waals surface area contributed by atoms with Crippen LogP contribution in [0.3, 0.4) is 0 Å². The molecule has 2 heterocycles. The van der Waals surface area contributed by atoms with Crippen LogP contribution < -0.4 is 9.47 Å². The molecular formula is C29H35N3O5. The molecule has 1 aromatic heterocycles. The van der Waals surface area contributed by atoms with E-state index in [4.69, 9.17) is 30.5 Å². The zero-order valence-electron chi connectivity index (χ0n) is 21.5. The lowest BCUT2D eigenvalue weighted by Crippen LogP contribution is -2.39. The van der Waals surface area contributed by atoms with Gasteiger partial charge in [0.1, 0.15) is 6.61 Å². The summed E-state index contributed by atoms with van der Waals surface area (Å²) in [7, 11) is 1.62. The number of aryl methyl sites for hydroxylation is 1. The summed E-state index contributed by atoms with van der Waals surface area (Å²) in [5.41, 5.74) is 2.64. The van der Waals surface area contributed by atoms with Gasteiger partial charge in [-0.05, 0) is 44.0 Å². The number of ether oxygens (including phenoxy) is 4. The van der Waals surface area contributed by atoms with Gasteiger partial charge in [0.05, 0.1) is 42.9 Å². The van der Waals surface area contributed by atoms with Crippen LogP contribution in [0.4, 0.5) is 0 Å². The van der Waals surface area contributed by atoms with Crippen LogP contribution in [0, 0.1) is 19.3 Å². The van der Waals surface area contributed by atoms with Gasteiger partial charge < -0.3 is 24.1 Å². The summed E-state index contributed by atoms with van der Waals surface area (Å²) in [5.74, 6) is 4.26. The second-order valence-corrected chi connectivity index (χ2v) is 9.07. The molecule has 8 heteroatoms. The van der Waals surface area contributed by atoms with Crippen molar-refractivity contribution in [1.82, 2.24) is 14.7 Å². The van der Waals surface area contributed by atoms with Gasteiger partial charge in [0.15, 0.2) is 11.5 Å². The van der Waals surface area contributed by atoms with Crippen molar-refractivity contribution in [3.05, 3.63) is 65.9 Å². The van der Waals surface area contributed by atoms with Crippen molar-refractivity contribution in [2.24, 2.45) is 0 Å². The van der Waals surface area contributed by atoms with Crippen molar-refractivity contribution >= 4 is 0 Å². The van der Waals surface area contributed by atoms with Crippen LogP contribution in [0.2, 0.25) is 0 Å². The Hall–Kier alpha value is -3.35. The van der Waals surface area contributed by atoms with Gasteiger partial charge in [0, 0.05) is 26.2 Å². The minimum absolute atomic E-state index is 0.113. The van der Waals surface area contributed by atoms with Gasteiger partial charge >= 0.3 is 0 Å². The van der Waals surface area contributed by atoms with Crippen LogP contribution in [0.25, 0.3) is 5.69 Å². The van der Waals surface area contributed by atoms with Crippen LogP contribution in [-0.2, 0) is 16.0 Å². The molecule has 0 unspecified atom stereocenters. The fraction of sp³-hybridized carbons (Fsp3) is 0.414. The summed E-state index contributed by atoms with van der Waals surface area (Å²) in [6.07, 6.45) is 6.73. The number of nitrogens with zero attached hydrogens (tertiary/aromatic N) is 3. The minimum atomic E-state index is -0.696. The van der Waals surface area contributed by atoms with Crippen molar-refractivity contribution in [3.8, 4) is 35.4 Å². The van der Waals surface area contributed by atoms with Crippen LogP contribution in [-0.4, -0.2) is 72.0 Å². The summed E-state index contributed by atoms with van der Waals surface area (Å²) >= 11 is 0. The number of aliphatic hydroxyl groups excluding tert-OH is 1. The maximum atomic E-state index is 10.7. The SMILES string of the molecule is C#CCOC[C@@H](O)CN(Cc1c(C)nn(-c2ccccc2)c1Oc1ccccc1OC)C[C@@H]1CCCO1. The minimum Gasteiger partial charge on any atom is -0.493 e. The quantitative estimate of drug-likeness (QED) is 0.278. The Morgan fingerprint density at radius 3 is 2.65 bits per heavy atom. The Morgan fingerprint density at radius 1 is 1.19 bits per heavy atom. The molecule has 1 saturated heterocycles. The molecule has 0 spiro atoms. The Morgan fingerprint density at radius 2 is 1.95 bits per heavy atom. The lowest BCUT2D eigenvalue weighted by molar-refractivity contribution is 0.00935. The number of benzene rings is 2. The first-order valence-electron chi connectivity index (χ1n) is 12.6. The zero-order valence-corrected chi connectivity index (χ0v) is 21.5. The highest BCUT2D eigenvalue weighted by molar-refractivity contribution is 5.47. The Balaban J connectivity index is 1.66.